The molecule has 2 aliphatic heterocycles. The summed E-state index contributed by atoms with van der Waals surface area (Å²) in [5.41, 5.74) is 0.718. The van der Waals surface area contributed by atoms with Crippen LogP contribution in [-0.2, 0) is 9.59 Å². The number of para-hydroxylation sites is 2. The van der Waals surface area contributed by atoms with Crippen molar-refractivity contribution in [2.45, 2.75) is 96.4 Å². The fourth-order valence-electron chi connectivity index (χ4n) is 2.00. The number of terminal acetylenes is 1. The highest BCUT2D eigenvalue weighted by molar-refractivity contribution is 6.44. The minimum absolute atomic E-state index is 0.359. The van der Waals surface area contributed by atoms with Crippen LogP contribution in [-0.4, -0.2) is 23.5 Å². The molecule has 0 atom stereocenters. The predicted molar refractivity (Wildman–Crippen MR) is 160 cm³/mol. The first-order valence-corrected chi connectivity index (χ1v) is 13.5. The van der Waals surface area contributed by atoms with Gasteiger partial charge < -0.3 is 9.47 Å². The largest absolute Gasteiger partial charge is 0.420 e. The monoisotopic (exact) mass is 530 g/mol. The average Bonchev–Trinajstić information content (AvgIpc) is 3.44. The van der Waals surface area contributed by atoms with Crippen molar-refractivity contribution in [2.75, 3.05) is 0 Å². The maximum Gasteiger partial charge on any atom is 0.385 e. The zero-order chi connectivity index (χ0) is 31.1. The highest BCUT2D eigenvalue weighted by atomic mass is 16.6. The summed E-state index contributed by atoms with van der Waals surface area (Å²) >= 11 is 0. The van der Waals surface area contributed by atoms with Crippen molar-refractivity contribution in [2.24, 2.45) is 0 Å². The second-order valence-electron chi connectivity index (χ2n) is 5.43. The van der Waals surface area contributed by atoms with Gasteiger partial charge in [-0.2, -0.15) is 0 Å². The molecule has 0 saturated heterocycles. The van der Waals surface area contributed by atoms with Gasteiger partial charge in [-0.15, -0.1) is 12.3 Å². The Hall–Kier alpha value is -3.72. The fourth-order valence-corrected chi connectivity index (χ4v) is 2.00. The Kier molecular flexibility index (Phi) is 38.8. The molecule has 2 aromatic carbocycles. The van der Waals surface area contributed by atoms with Gasteiger partial charge >= 0.3 is 11.9 Å². The Morgan fingerprint density at radius 3 is 1.00 bits per heavy atom. The minimum Gasteiger partial charge on any atom is -0.420 e. The van der Waals surface area contributed by atoms with E-state index in [9.17, 15) is 19.2 Å². The highest BCUT2D eigenvalue weighted by Gasteiger charge is 2.30. The molecular weight excluding hydrogens is 480 g/mol. The Bertz CT molecular complexity index is 854. The molecule has 0 aliphatic carbocycles. The molecule has 0 N–H and O–H groups in total. The van der Waals surface area contributed by atoms with Crippen molar-refractivity contribution in [1.82, 2.24) is 0 Å². The van der Waals surface area contributed by atoms with Crippen LogP contribution >= 0.6 is 0 Å². The Morgan fingerprint density at radius 2 is 0.789 bits per heavy atom. The van der Waals surface area contributed by atoms with Crippen LogP contribution in [0.1, 0.15) is 117 Å². The SMILES string of the molecule is C#CC.CC.CC.CC.CC.CC.CCC.O=C1Oc2ccccc2C1=O.O=C1Oc2ccccc2C1=O. The Morgan fingerprint density at radius 1 is 0.579 bits per heavy atom. The van der Waals surface area contributed by atoms with Crippen molar-refractivity contribution < 1.29 is 28.7 Å². The second-order valence-corrected chi connectivity index (χ2v) is 5.43. The summed E-state index contributed by atoms with van der Waals surface area (Å²) in [4.78, 5) is 43.2. The smallest absolute Gasteiger partial charge is 0.385 e. The number of hydrogen-bond acceptors (Lipinski definition) is 6. The number of hydrogen-bond donors (Lipinski definition) is 0. The van der Waals surface area contributed by atoms with Gasteiger partial charge in [0.1, 0.15) is 11.5 Å². The molecule has 4 rings (SSSR count). The zero-order valence-electron chi connectivity index (χ0n) is 25.9. The van der Waals surface area contributed by atoms with E-state index < -0.39 is 23.5 Å². The molecule has 0 unspecified atom stereocenters. The second kappa shape index (κ2) is 33.3. The van der Waals surface area contributed by atoms with Gasteiger partial charge in [-0.25, -0.2) is 9.59 Å². The number of Topliss-reactive ketones (excluding diaryl/α,β-unsaturated/α-hetero) is 2. The molecule has 2 aliphatic rings. The number of ketones is 2. The van der Waals surface area contributed by atoms with Gasteiger partial charge in [-0.1, -0.05) is 114 Å². The molecule has 38 heavy (non-hydrogen) atoms. The molecule has 0 saturated carbocycles. The van der Waals surface area contributed by atoms with Gasteiger partial charge in [0.2, 0.25) is 0 Å². The lowest BCUT2D eigenvalue weighted by molar-refractivity contribution is -0.129. The molecule has 2 aromatic rings. The molecule has 6 nitrogen and oxygen atoms in total. The molecule has 2 heterocycles. The van der Waals surface area contributed by atoms with Crippen LogP contribution in [0.4, 0.5) is 0 Å². The van der Waals surface area contributed by atoms with Crippen molar-refractivity contribution in [3.8, 4) is 23.8 Å². The van der Waals surface area contributed by atoms with E-state index in [1.807, 2.05) is 69.2 Å². The number of fused-ring (bicyclic) bond motifs is 2. The quantitative estimate of drug-likeness (QED) is 0.146. The van der Waals surface area contributed by atoms with Crippen LogP contribution in [0.25, 0.3) is 0 Å². The first kappa shape index (κ1) is 44.3. The first-order chi connectivity index (χ1) is 18.4. The molecule has 0 radical (unpaired) electrons. The summed E-state index contributed by atoms with van der Waals surface area (Å²) < 4.78 is 9.26. The van der Waals surface area contributed by atoms with E-state index in [0.29, 0.717) is 22.6 Å². The van der Waals surface area contributed by atoms with Crippen LogP contribution in [0.2, 0.25) is 0 Å². The van der Waals surface area contributed by atoms with Gasteiger partial charge in [0.15, 0.2) is 0 Å². The van der Waals surface area contributed by atoms with E-state index in [4.69, 9.17) is 0 Å². The van der Waals surface area contributed by atoms with E-state index >= 15 is 0 Å². The number of esters is 2. The topological polar surface area (TPSA) is 86.7 Å². The fraction of sp³-hybridized carbons (Fsp3) is 0.438. The molecule has 6 heteroatoms. The lowest BCUT2D eigenvalue weighted by Crippen LogP contribution is -2.10. The van der Waals surface area contributed by atoms with Crippen LogP contribution in [0.15, 0.2) is 48.5 Å². The van der Waals surface area contributed by atoms with Gasteiger partial charge in [-0.05, 0) is 31.2 Å². The maximum atomic E-state index is 10.9. The number of benzene rings is 2. The van der Waals surface area contributed by atoms with E-state index in [0.717, 1.165) is 0 Å². The lowest BCUT2D eigenvalue weighted by atomic mass is 10.1. The summed E-state index contributed by atoms with van der Waals surface area (Å²) in [6.07, 6.45) is 5.85. The summed E-state index contributed by atoms with van der Waals surface area (Å²) in [7, 11) is 0. The van der Waals surface area contributed by atoms with Crippen LogP contribution in [0.3, 0.4) is 0 Å². The van der Waals surface area contributed by atoms with E-state index in [1.54, 1.807) is 55.5 Å². The number of carbonyl (C=O) groups is 4. The summed E-state index contributed by atoms with van der Waals surface area (Å²) in [6.45, 7) is 25.9. The zero-order valence-corrected chi connectivity index (χ0v) is 25.9. The van der Waals surface area contributed by atoms with E-state index in [2.05, 4.69) is 35.7 Å². The number of rotatable bonds is 0. The van der Waals surface area contributed by atoms with Gasteiger partial charge in [0.05, 0.1) is 11.1 Å². The molecule has 0 fully saturated rings. The molecule has 214 valence electrons. The van der Waals surface area contributed by atoms with E-state index in [1.165, 1.54) is 6.42 Å². The van der Waals surface area contributed by atoms with Crippen LogP contribution in [0, 0.1) is 12.3 Å². The van der Waals surface area contributed by atoms with Gasteiger partial charge in [-0.3, -0.25) is 9.59 Å². The maximum absolute atomic E-state index is 10.9. The predicted octanol–water partition coefficient (Wildman–Crippen LogP) is 8.76. The summed E-state index contributed by atoms with van der Waals surface area (Å²) in [6, 6.07) is 13.1. The van der Waals surface area contributed by atoms with Crippen LogP contribution < -0.4 is 9.47 Å². The van der Waals surface area contributed by atoms with Crippen LogP contribution in [0.5, 0.6) is 11.5 Å². The lowest BCUT2D eigenvalue weighted by Gasteiger charge is -1.90. The summed E-state index contributed by atoms with van der Waals surface area (Å²) in [5, 5.41) is 0. The number of carbonyl (C=O) groups excluding carboxylic acids is 4. The summed E-state index contributed by atoms with van der Waals surface area (Å²) in [5.74, 6) is 0.295. The first-order valence-electron chi connectivity index (χ1n) is 13.5. The Balaban J connectivity index is -0.000000126. The van der Waals surface area contributed by atoms with Crippen molar-refractivity contribution >= 4 is 23.5 Å². The van der Waals surface area contributed by atoms with Crippen molar-refractivity contribution in [1.29, 1.82) is 0 Å². The molecule has 0 aromatic heterocycles. The highest BCUT2D eigenvalue weighted by Crippen LogP contribution is 2.25. The third kappa shape index (κ3) is 17.7. The van der Waals surface area contributed by atoms with Crippen molar-refractivity contribution in [3.63, 3.8) is 0 Å². The van der Waals surface area contributed by atoms with E-state index in [-0.39, 0.29) is 0 Å². The standard InChI is InChI=1S/2C8H4O3.C3H8.C3H4.5C2H6/c2*9-7-5-3-1-2-4-6(5)11-8(7)10;2*1-3-2;5*1-2/h2*1-4H;3H2,1-2H3;1H,2H3;5*1-2H3. The molecule has 0 amide bonds. The Labute approximate surface area is 232 Å². The number of ether oxygens (including phenoxy) is 2. The third-order valence-electron chi connectivity index (χ3n) is 3.04. The minimum atomic E-state index is -0.786. The normalized spacial score (nSPS) is 9.89. The third-order valence-corrected chi connectivity index (χ3v) is 3.04. The molecule has 0 bridgehead atoms. The van der Waals surface area contributed by atoms with Gasteiger partial charge in [0.25, 0.3) is 11.6 Å². The molecular formula is C32H50O6. The average molecular weight is 531 g/mol. The van der Waals surface area contributed by atoms with Gasteiger partial charge in [0, 0.05) is 0 Å². The van der Waals surface area contributed by atoms with Crippen molar-refractivity contribution in [3.05, 3.63) is 59.7 Å². The molecule has 0 spiro atoms.